The van der Waals surface area contributed by atoms with E-state index in [0.717, 1.165) is 18.4 Å². The van der Waals surface area contributed by atoms with Gasteiger partial charge in [-0.25, -0.2) is 0 Å². The fraction of sp³-hybridized carbons (Fsp3) is 0.533. The fourth-order valence-corrected chi connectivity index (χ4v) is 2.64. The predicted molar refractivity (Wildman–Crippen MR) is 79.5 cm³/mol. The number of likely N-dealkylation sites (N-methyl/N-ethyl adjacent to an activating group) is 1. The molecule has 1 aliphatic rings. The zero-order chi connectivity index (χ0) is 14.5. The molecule has 4 nitrogen and oxygen atoms in total. The van der Waals surface area contributed by atoms with Crippen molar-refractivity contribution >= 4 is 17.5 Å². The Morgan fingerprint density at radius 1 is 1.45 bits per heavy atom. The summed E-state index contributed by atoms with van der Waals surface area (Å²) in [6.07, 6.45) is 1.27. The average molecular weight is 297 g/mol. The minimum Gasteiger partial charge on any atom is -0.364 e. The van der Waals surface area contributed by atoms with Gasteiger partial charge < -0.3 is 15.4 Å². The highest BCUT2D eigenvalue weighted by Gasteiger charge is 2.32. The van der Waals surface area contributed by atoms with Crippen molar-refractivity contribution in [2.75, 3.05) is 13.1 Å². The molecule has 110 valence electrons. The van der Waals surface area contributed by atoms with Crippen LogP contribution in [0, 0.1) is 0 Å². The summed E-state index contributed by atoms with van der Waals surface area (Å²) in [7, 11) is 0. The molecule has 1 fully saturated rings. The molecule has 0 bridgehead atoms. The number of hydrogen-bond donors (Lipinski definition) is 1. The van der Waals surface area contributed by atoms with E-state index in [9.17, 15) is 4.79 Å². The molecule has 1 saturated heterocycles. The lowest BCUT2D eigenvalue weighted by atomic mass is 10.1. The Hall–Kier alpha value is -1.10. The molecule has 2 N–H and O–H groups in total. The molecule has 5 heteroatoms. The van der Waals surface area contributed by atoms with Crippen molar-refractivity contribution in [3.05, 3.63) is 34.9 Å². The second-order valence-electron chi connectivity index (χ2n) is 5.00. The summed E-state index contributed by atoms with van der Waals surface area (Å²) >= 11 is 6.15. The molecule has 0 aromatic heterocycles. The third-order valence-electron chi connectivity index (χ3n) is 3.66. The number of halogens is 1. The van der Waals surface area contributed by atoms with E-state index in [1.165, 1.54) is 0 Å². The number of amides is 1. The second-order valence-corrected chi connectivity index (χ2v) is 5.41. The Labute approximate surface area is 124 Å². The van der Waals surface area contributed by atoms with Gasteiger partial charge in [-0.05, 0) is 31.4 Å². The van der Waals surface area contributed by atoms with Crippen LogP contribution in [0.25, 0.3) is 0 Å². The lowest BCUT2D eigenvalue weighted by Gasteiger charge is -2.24. The highest BCUT2D eigenvalue weighted by molar-refractivity contribution is 6.31. The van der Waals surface area contributed by atoms with Gasteiger partial charge in [-0.3, -0.25) is 4.79 Å². The van der Waals surface area contributed by atoms with Gasteiger partial charge in [0.25, 0.3) is 5.91 Å². The normalized spacial score (nSPS) is 21.9. The third-order valence-corrected chi connectivity index (χ3v) is 4.03. The average Bonchev–Trinajstić information content (AvgIpc) is 2.94. The molecule has 1 amide bonds. The molecule has 1 aromatic carbocycles. The number of carbonyl (C=O) groups excluding carboxylic acids is 1. The van der Waals surface area contributed by atoms with Gasteiger partial charge >= 0.3 is 0 Å². The van der Waals surface area contributed by atoms with E-state index in [-0.39, 0.29) is 18.1 Å². The van der Waals surface area contributed by atoms with Crippen LogP contribution in [0.4, 0.5) is 0 Å². The molecular weight excluding hydrogens is 276 g/mol. The van der Waals surface area contributed by atoms with Crippen LogP contribution in [0.5, 0.6) is 0 Å². The van der Waals surface area contributed by atoms with Gasteiger partial charge in [0.15, 0.2) is 0 Å². The molecule has 2 rings (SSSR count). The maximum Gasteiger partial charge on any atom is 0.252 e. The highest BCUT2D eigenvalue weighted by Crippen LogP contribution is 2.23. The van der Waals surface area contributed by atoms with Crippen molar-refractivity contribution in [1.82, 2.24) is 4.90 Å². The van der Waals surface area contributed by atoms with Gasteiger partial charge in [-0.15, -0.1) is 0 Å². The fourth-order valence-electron chi connectivity index (χ4n) is 2.44. The van der Waals surface area contributed by atoms with E-state index < -0.39 is 0 Å². The maximum absolute atomic E-state index is 12.5. The lowest BCUT2D eigenvalue weighted by molar-refractivity contribution is -0.143. The Morgan fingerprint density at radius 2 is 2.20 bits per heavy atom. The molecule has 2 atom stereocenters. The van der Waals surface area contributed by atoms with E-state index in [1.807, 2.05) is 31.2 Å². The first-order valence-electron chi connectivity index (χ1n) is 7.03. The van der Waals surface area contributed by atoms with Crippen molar-refractivity contribution in [3.63, 3.8) is 0 Å². The Kier molecular flexibility index (Phi) is 5.40. The minimum atomic E-state index is -0.356. The van der Waals surface area contributed by atoms with Crippen LogP contribution in [0.1, 0.15) is 25.3 Å². The Morgan fingerprint density at radius 3 is 2.80 bits per heavy atom. The summed E-state index contributed by atoms with van der Waals surface area (Å²) in [6, 6.07) is 7.59. The molecule has 0 saturated carbocycles. The van der Waals surface area contributed by atoms with E-state index in [1.54, 1.807) is 4.90 Å². The van der Waals surface area contributed by atoms with Crippen LogP contribution in [-0.4, -0.2) is 36.1 Å². The summed E-state index contributed by atoms with van der Waals surface area (Å²) in [5.74, 6) is 0.0309. The standard InChI is InChI=1S/C15H21ClN2O2/c1-2-18(10-11-5-3-4-6-13(11)16)15(19)14-8-7-12(9-17)20-14/h3-6,12,14H,2,7-10,17H2,1H3/t12-,14+/m1/s1. The van der Waals surface area contributed by atoms with Crippen LogP contribution in [0.3, 0.4) is 0 Å². The van der Waals surface area contributed by atoms with Gasteiger partial charge in [0, 0.05) is 24.7 Å². The van der Waals surface area contributed by atoms with Crippen molar-refractivity contribution in [3.8, 4) is 0 Å². The largest absolute Gasteiger partial charge is 0.364 e. The van der Waals surface area contributed by atoms with Crippen molar-refractivity contribution < 1.29 is 9.53 Å². The van der Waals surface area contributed by atoms with E-state index in [4.69, 9.17) is 22.1 Å². The van der Waals surface area contributed by atoms with Crippen molar-refractivity contribution in [2.24, 2.45) is 5.73 Å². The topological polar surface area (TPSA) is 55.6 Å². The molecule has 1 aliphatic heterocycles. The summed E-state index contributed by atoms with van der Waals surface area (Å²) in [4.78, 5) is 14.3. The van der Waals surface area contributed by atoms with Crippen molar-refractivity contribution in [1.29, 1.82) is 0 Å². The van der Waals surface area contributed by atoms with E-state index in [2.05, 4.69) is 0 Å². The van der Waals surface area contributed by atoms with Gasteiger partial charge in [0.2, 0.25) is 0 Å². The maximum atomic E-state index is 12.5. The zero-order valence-corrected chi connectivity index (χ0v) is 12.5. The van der Waals surface area contributed by atoms with Gasteiger partial charge in [-0.1, -0.05) is 29.8 Å². The summed E-state index contributed by atoms with van der Waals surface area (Å²) < 4.78 is 5.67. The van der Waals surface area contributed by atoms with Crippen LogP contribution < -0.4 is 5.73 Å². The monoisotopic (exact) mass is 296 g/mol. The van der Waals surface area contributed by atoms with Crippen LogP contribution in [-0.2, 0) is 16.1 Å². The highest BCUT2D eigenvalue weighted by atomic mass is 35.5. The SMILES string of the molecule is CCN(Cc1ccccc1Cl)C(=O)[C@@H]1CC[C@H](CN)O1. The summed E-state index contributed by atoms with van der Waals surface area (Å²) in [6.45, 7) is 3.59. The Balaban J connectivity index is 2.01. The molecule has 1 heterocycles. The van der Waals surface area contributed by atoms with Gasteiger partial charge in [0.05, 0.1) is 6.10 Å². The quantitative estimate of drug-likeness (QED) is 0.906. The second kappa shape index (κ2) is 7.07. The molecule has 0 unspecified atom stereocenters. The first-order valence-corrected chi connectivity index (χ1v) is 7.41. The number of benzene rings is 1. The smallest absolute Gasteiger partial charge is 0.252 e. The van der Waals surface area contributed by atoms with Crippen molar-refractivity contribution in [2.45, 2.75) is 38.5 Å². The van der Waals surface area contributed by atoms with Gasteiger partial charge in [0.1, 0.15) is 6.10 Å². The van der Waals surface area contributed by atoms with Gasteiger partial charge in [-0.2, -0.15) is 0 Å². The number of nitrogens with zero attached hydrogens (tertiary/aromatic N) is 1. The number of rotatable bonds is 5. The number of nitrogens with two attached hydrogens (primary N) is 1. The number of ether oxygens (including phenoxy) is 1. The van der Waals surface area contributed by atoms with Crippen LogP contribution in [0.2, 0.25) is 5.02 Å². The summed E-state index contributed by atoms with van der Waals surface area (Å²) in [5, 5.41) is 0.686. The molecule has 20 heavy (non-hydrogen) atoms. The predicted octanol–water partition coefficient (Wildman–Crippen LogP) is 2.19. The number of carbonyl (C=O) groups is 1. The zero-order valence-electron chi connectivity index (χ0n) is 11.7. The first-order chi connectivity index (χ1) is 9.65. The molecule has 0 spiro atoms. The molecule has 1 aromatic rings. The summed E-state index contributed by atoms with van der Waals surface area (Å²) in [5.41, 5.74) is 6.54. The van der Waals surface area contributed by atoms with Crippen LogP contribution in [0.15, 0.2) is 24.3 Å². The Bertz CT molecular complexity index is 467. The minimum absolute atomic E-state index is 0.0166. The van der Waals surface area contributed by atoms with E-state index >= 15 is 0 Å². The molecule has 0 aliphatic carbocycles. The first kappa shape index (κ1) is 15.3. The molecular formula is C15H21ClN2O2. The van der Waals surface area contributed by atoms with Crippen LogP contribution >= 0.6 is 11.6 Å². The van der Waals surface area contributed by atoms with E-state index in [0.29, 0.717) is 24.7 Å². The lowest BCUT2D eigenvalue weighted by Crippen LogP contribution is -2.39. The number of hydrogen-bond acceptors (Lipinski definition) is 3. The molecule has 0 radical (unpaired) electrons. The third kappa shape index (κ3) is 3.51.